The van der Waals surface area contributed by atoms with Crippen LogP contribution in [0.1, 0.15) is 16.7 Å². The van der Waals surface area contributed by atoms with E-state index in [1.807, 2.05) is 0 Å². The minimum absolute atomic E-state index is 0.144. The van der Waals surface area contributed by atoms with Crippen LogP contribution in [0, 0.1) is 30.1 Å². The van der Waals surface area contributed by atoms with Crippen molar-refractivity contribution in [2.45, 2.75) is 13.1 Å². The van der Waals surface area contributed by atoms with Gasteiger partial charge in [-0.25, -0.2) is 0 Å². The Morgan fingerprint density at radius 1 is 1.27 bits per heavy atom. The molecule has 0 aliphatic rings. The second kappa shape index (κ2) is 4.06. The largest absolute Gasteiger partial charge is 0.416 e. The molecule has 0 amide bonds. The van der Waals surface area contributed by atoms with E-state index >= 15 is 0 Å². The Balaban J connectivity index is 3.24. The van der Waals surface area contributed by atoms with E-state index in [2.05, 4.69) is 11.8 Å². The fourth-order valence-corrected chi connectivity index (χ4v) is 1.11. The molecule has 4 heteroatoms. The summed E-state index contributed by atoms with van der Waals surface area (Å²) >= 11 is 0. The lowest BCUT2D eigenvalue weighted by atomic mass is 10.0. The molecule has 1 nitrogen and oxygen atoms in total. The molecule has 15 heavy (non-hydrogen) atoms. The van der Waals surface area contributed by atoms with Gasteiger partial charge in [-0.1, -0.05) is 12.0 Å². The van der Waals surface area contributed by atoms with Crippen molar-refractivity contribution in [1.29, 1.82) is 5.26 Å². The van der Waals surface area contributed by atoms with Crippen LogP contribution in [0.2, 0.25) is 0 Å². The average Bonchev–Trinajstić information content (AvgIpc) is 2.15. The summed E-state index contributed by atoms with van der Waals surface area (Å²) in [4.78, 5) is 0. The van der Waals surface area contributed by atoms with E-state index in [1.165, 1.54) is 19.1 Å². The van der Waals surface area contributed by atoms with E-state index in [-0.39, 0.29) is 11.1 Å². The van der Waals surface area contributed by atoms with E-state index in [9.17, 15) is 13.2 Å². The second-order valence-corrected chi connectivity index (χ2v) is 2.89. The van der Waals surface area contributed by atoms with Gasteiger partial charge in [-0.15, -0.1) is 0 Å². The molecule has 0 saturated heterocycles. The van der Waals surface area contributed by atoms with E-state index in [0.717, 1.165) is 6.07 Å². The van der Waals surface area contributed by atoms with E-state index in [4.69, 9.17) is 5.26 Å². The third kappa shape index (κ3) is 2.75. The summed E-state index contributed by atoms with van der Waals surface area (Å²) in [7, 11) is 0. The lowest BCUT2D eigenvalue weighted by molar-refractivity contribution is -0.138. The first-order chi connectivity index (χ1) is 6.95. The van der Waals surface area contributed by atoms with Gasteiger partial charge < -0.3 is 0 Å². The van der Waals surface area contributed by atoms with Crippen LogP contribution in [0.3, 0.4) is 0 Å². The van der Waals surface area contributed by atoms with Crippen LogP contribution in [0.4, 0.5) is 13.2 Å². The smallest absolute Gasteiger partial charge is 0.183 e. The van der Waals surface area contributed by atoms with E-state index < -0.39 is 11.7 Å². The third-order valence-corrected chi connectivity index (χ3v) is 1.81. The number of rotatable bonds is 0. The van der Waals surface area contributed by atoms with Gasteiger partial charge in [0.15, 0.2) is 6.07 Å². The van der Waals surface area contributed by atoms with Crippen LogP contribution in [0.5, 0.6) is 0 Å². The normalized spacial score (nSPS) is 10.1. The standard InChI is InChI=1S/C11H6F3N/c1-8-4-5-9(3-2-6-15)7-10(8)11(12,13)14/h4-5,7H,1H3. The second-order valence-electron chi connectivity index (χ2n) is 2.89. The van der Waals surface area contributed by atoms with Crippen molar-refractivity contribution >= 4 is 0 Å². The Bertz CT molecular complexity index is 469. The molecule has 0 heterocycles. The predicted octanol–water partition coefficient (Wildman–Crippen LogP) is 2.89. The van der Waals surface area contributed by atoms with Crippen molar-refractivity contribution < 1.29 is 13.2 Å². The number of hydrogen-bond acceptors (Lipinski definition) is 1. The highest BCUT2D eigenvalue weighted by molar-refractivity contribution is 5.43. The van der Waals surface area contributed by atoms with Gasteiger partial charge in [0.2, 0.25) is 0 Å². The summed E-state index contributed by atoms with van der Waals surface area (Å²) in [6.07, 6.45) is -4.38. The fraction of sp³-hybridized carbons (Fsp3) is 0.182. The zero-order valence-electron chi connectivity index (χ0n) is 7.81. The number of benzene rings is 1. The predicted molar refractivity (Wildman–Crippen MR) is 48.7 cm³/mol. The number of halogens is 3. The monoisotopic (exact) mass is 209 g/mol. The van der Waals surface area contributed by atoms with Crippen molar-refractivity contribution in [3.63, 3.8) is 0 Å². The first-order valence-electron chi connectivity index (χ1n) is 4.03. The number of aryl methyl sites for hydroxylation is 1. The molecule has 76 valence electrons. The summed E-state index contributed by atoms with van der Waals surface area (Å²) in [5, 5.41) is 8.17. The van der Waals surface area contributed by atoms with Gasteiger partial charge in [0.1, 0.15) is 0 Å². The molecule has 0 atom stereocenters. The molecule has 0 aliphatic carbocycles. The topological polar surface area (TPSA) is 23.8 Å². The van der Waals surface area contributed by atoms with Crippen molar-refractivity contribution in [2.24, 2.45) is 0 Å². The first-order valence-corrected chi connectivity index (χ1v) is 4.03. The molecule has 0 spiro atoms. The molecule has 1 aromatic carbocycles. The highest BCUT2D eigenvalue weighted by Gasteiger charge is 2.32. The van der Waals surface area contributed by atoms with E-state index in [1.54, 1.807) is 6.07 Å². The third-order valence-electron chi connectivity index (χ3n) is 1.81. The Hall–Kier alpha value is -1.94. The summed E-state index contributed by atoms with van der Waals surface area (Å²) in [5.74, 6) is 4.37. The van der Waals surface area contributed by atoms with Crippen LogP contribution in [-0.2, 0) is 6.18 Å². The fourth-order valence-electron chi connectivity index (χ4n) is 1.11. The lowest BCUT2D eigenvalue weighted by Gasteiger charge is -2.09. The van der Waals surface area contributed by atoms with Gasteiger partial charge >= 0.3 is 6.18 Å². The van der Waals surface area contributed by atoms with Crippen LogP contribution < -0.4 is 0 Å². The van der Waals surface area contributed by atoms with E-state index in [0.29, 0.717) is 0 Å². The zero-order valence-corrected chi connectivity index (χ0v) is 7.81. The Kier molecular flexibility index (Phi) is 3.01. The van der Waals surface area contributed by atoms with Gasteiger partial charge in [0.05, 0.1) is 5.56 Å². The quantitative estimate of drug-likeness (QED) is 0.602. The zero-order chi connectivity index (χ0) is 11.5. The van der Waals surface area contributed by atoms with Crippen molar-refractivity contribution in [2.75, 3.05) is 0 Å². The highest BCUT2D eigenvalue weighted by Crippen LogP contribution is 2.32. The number of nitrogens with zero attached hydrogens (tertiary/aromatic N) is 1. The van der Waals surface area contributed by atoms with Gasteiger partial charge in [0.25, 0.3) is 0 Å². The van der Waals surface area contributed by atoms with Crippen molar-refractivity contribution in [3.8, 4) is 17.9 Å². The molecule has 0 N–H and O–H groups in total. The molecule has 0 aromatic heterocycles. The molecule has 0 unspecified atom stereocenters. The highest BCUT2D eigenvalue weighted by atomic mass is 19.4. The van der Waals surface area contributed by atoms with Crippen LogP contribution in [0.15, 0.2) is 18.2 Å². The van der Waals surface area contributed by atoms with Gasteiger partial charge in [-0.2, -0.15) is 18.4 Å². The lowest BCUT2D eigenvalue weighted by Crippen LogP contribution is -2.07. The molecule has 1 aromatic rings. The maximum Gasteiger partial charge on any atom is 0.416 e. The van der Waals surface area contributed by atoms with Crippen LogP contribution >= 0.6 is 0 Å². The summed E-state index contributed by atoms with van der Waals surface area (Å²) in [6, 6.07) is 5.28. The van der Waals surface area contributed by atoms with Gasteiger partial charge in [0, 0.05) is 11.5 Å². The summed E-state index contributed by atoms with van der Waals surface area (Å²) in [6.45, 7) is 1.38. The maximum atomic E-state index is 12.4. The molecule has 0 radical (unpaired) electrons. The number of hydrogen-bond donors (Lipinski definition) is 0. The average molecular weight is 209 g/mol. The molecule has 0 bridgehead atoms. The summed E-state index contributed by atoms with van der Waals surface area (Å²) in [5.41, 5.74) is -0.383. The minimum Gasteiger partial charge on any atom is -0.183 e. The number of nitriles is 1. The van der Waals surface area contributed by atoms with Crippen molar-refractivity contribution in [1.82, 2.24) is 0 Å². The van der Waals surface area contributed by atoms with Gasteiger partial charge in [-0.3, -0.25) is 0 Å². The van der Waals surface area contributed by atoms with Crippen LogP contribution in [-0.4, -0.2) is 0 Å². The minimum atomic E-state index is -4.38. The van der Waals surface area contributed by atoms with Crippen LogP contribution in [0.25, 0.3) is 0 Å². The Morgan fingerprint density at radius 2 is 1.93 bits per heavy atom. The maximum absolute atomic E-state index is 12.4. The van der Waals surface area contributed by atoms with Gasteiger partial charge in [-0.05, 0) is 24.6 Å². The Labute approximate surface area is 85.1 Å². The SMILES string of the molecule is Cc1ccc(C#CC#N)cc1C(F)(F)F. The van der Waals surface area contributed by atoms with Crippen molar-refractivity contribution in [3.05, 3.63) is 34.9 Å². The summed E-state index contributed by atoms with van der Waals surface area (Å²) < 4.78 is 37.3. The molecule has 0 saturated carbocycles. The first kappa shape index (κ1) is 11.1. The molecule has 0 aliphatic heterocycles. The molecular weight excluding hydrogens is 203 g/mol. The molecule has 0 fully saturated rings. The number of alkyl halides is 3. The molecule has 1 rings (SSSR count). The molecular formula is C11H6F3N. The Morgan fingerprint density at radius 3 is 2.47 bits per heavy atom.